The summed E-state index contributed by atoms with van der Waals surface area (Å²) < 4.78 is 6.25. The van der Waals surface area contributed by atoms with E-state index in [1.54, 1.807) is 0 Å². The summed E-state index contributed by atoms with van der Waals surface area (Å²) in [5.41, 5.74) is 0.787. The Hall–Kier alpha value is -1.27. The summed E-state index contributed by atoms with van der Waals surface area (Å²) >= 11 is 3.41. The molecule has 1 fully saturated rings. The standard InChI is InChI=1S/C13H15BrN2O3/c14-8-4-9(15-7-13(18)2-1-3-13)12-10(5-8)19-6-11(17)16-12/h4-5,15,18H,1-3,6-7H2,(H,16,17). The van der Waals surface area contributed by atoms with Crippen molar-refractivity contribution >= 4 is 33.2 Å². The molecule has 1 amide bonds. The predicted molar refractivity (Wildman–Crippen MR) is 75.6 cm³/mol. The van der Waals surface area contributed by atoms with E-state index in [-0.39, 0.29) is 12.5 Å². The van der Waals surface area contributed by atoms with Gasteiger partial charge in [0.05, 0.1) is 11.3 Å². The zero-order valence-corrected chi connectivity index (χ0v) is 11.9. The first-order valence-electron chi connectivity index (χ1n) is 6.28. The van der Waals surface area contributed by atoms with E-state index in [0.717, 1.165) is 29.4 Å². The van der Waals surface area contributed by atoms with Gasteiger partial charge in [0.2, 0.25) is 0 Å². The fraction of sp³-hybridized carbons (Fsp3) is 0.462. The summed E-state index contributed by atoms with van der Waals surface area (Å²) in [5, 5.41) is 16.1. The number of aliphatic hydroxyl groups is 1. The van der Waals surface area contributed by atoms with Gasteiger partial charge in [0.15, 0.2) is 6.61 Å². The Morgan fingerprint density at radius 3 is 2.95 bits per heavy atom. The quantitative estimate of drug-likeness (QED) is 0.795. The number of ether oxygens (including phenoxy) is 1. The Balaban J connectivity index is 1.83. The lowest BCUT2D eigenvalue weighted by Gasteiger charge is -2.37. The highest BCUT2D eigenvalue weighted by Crippen LogP contribution is 2.39. The molecule has 6 heteroatoms. The number of rotatable bonds is 3. The normalized spacial score (nSPS) is 19.8. The van der Waals surface area contributed by atoms with Crippen LogP contribution in [0.5, 0.6) is 5.75 Å². The third kappa shape index (κ3) is 2.55. The van der Waals surface area contributed by atoms with Crippen LogP contribution in [0.15, 0.2) is 16.6 Å². The molecule has 0 unspecified atom stereocenters. The van der Waals surface area contributed by atoms with Crippen LogP contribution in [-0.2, 0) is 4.79 Å². The van der Waals surface area contributed by atoms with Crippen LogP contribution in [0, 0.1) is 0 Å². The van der Waals surface area contributed by atoms with Gasteiger partial charge in [-0.2, -0.15) is 0 Å². The van der Waals surface area contributed by atoms with Gasteiger partial charge in [-0.3, -0.25) is 4.79 Å². The monoisotopic (exact) mass is 326 g/mol. The molecule has 0 radical (unpaired) electrons. The molecule has 19 heavy (non-hydrogen) atoms. The largest absolute Gasteiger partial charge is 0.481 e. The number of carbonyl (C=O) groups excluding carboxylic acids is 1. The molecule has 0 spiro atoms. The van der Waals surface area contributed by atoms with Gasteiger partial charge in [-0.25, -0.2) is 0 Å². The van der Waals surface area contributed by atoms with E-state index in [0.29, 0.717) is 18.0 Å². The van der Waals surface area contributed by atoms with Crippen molar-refractivity contribution in [2.24, 2.45) is 0 Å². The number of benzene rings is 1. The third-order valence-corrected chi connectivity index (χ3v) is 4.04. The number of nitrogens with one attached hydrogen (secondary N) is 2. The van der Waals surface area contributed by atoms with Crippen molar-refractivity contribution in [3.8, 4) is 5.75 Å². The molecule has 5 nitrogen and oxygen atoms in total. The molecule has 3 rings (SSSR count). The first-order chi connectivity index (χ1) is 9.06. The molecule has 2 aliphatic rings. The zero-order valence-electron chi connectivity index (χ0n) is 10.3. The highest BCUT2D eigenvalue weighted by atomic mass is 79.9. The van der Waals surface area contributed by atoms with E-state index in [1.807, 2.05) is 12.1 Å². The van der Waals surface area contributed by atoms with Gasteiger partial charge in [-0.1, -0.05) is 15.9 Å². The summed E-state index contributed by atoms with van der Waals surface area (Å²) in [6.07, 6.45) is 2.70. The van der Waals surface area contributed by atoms with E-state index >= 15 is 0 Å². The molecular weight excluding hydrogens is 312 g/mol. The Kier molecular flexibility index (Phi) is 3.14. The van der Waals surface area contributed by atoms with Gasteiger partial charge in [0.1, 0.15) is 11.4 Å². The third-order valence-electron chi connectivity index (χ3n) is 3.58. The number of amides is 1. The minimum atomic E-state index is -0.616. The maximum absolute atomic E-state index is 11.4. The molecule has 1 saturated carbocycles. The Morgan fingerprint density at radius 1 is 1.47 bits per heavy atom. The second-order valence-electron chi connectivity index (χ2n) is 5.09. The number of halogens is 1. The Morgan fingerprint density at radius 2 is 2.26 bits per heavy atom. The lowest BCUT2D eigenvalue weighted by atomic mass is 9.80. The summed E-state index contributed by atoms with van der Waals surface area (Å²) in [7, 11) is 0. The van der Waals surface area contributed by atoms with Crippen molar-refractivity contribution in [3.05, 3.63) is 16.6 Å². The molecule has 0 bridgehead atoms. The van der Waals surface area contributed by atoms with E-state index < -0.39 is 5.60 Å². The van der Waals surface area contributed by atoms with Crippen molar-refractivity contribution in [1.29, 1.82) is 0 Å². The molecule has 1 aromatic carbocycles. The van der Waals surface area contributed by atoms with Gasteiger partial charge < -0.3 is 20.5 Å². The lowest BCUT2D eigenvalue weighted by Crippen LogP contribution is -2.43. The van der Waals surface area contributed by atoms with Crippen LogP contribution in [-0.4, -0.2) is 29.8 Å². The molecule has 0 saturated heterocycles. The molecular formula is C13H15BrN2O3. The number of hydrogen-bond acceptors (Lipinski definition) is 4. The SMILES string of the molecule is O=C1COc2cc(Br)cc(NCC3(O)CCC3)c2N1. The first-order valence-corrected chi connectivity index (χ1v) is 7.07. The minimum absolute atomic E-state index is 0.0346. The number of fused-ring (bicyclic) bond motifs is 1. The van der Waals surface area contributed by atoms with Crippen molar-refractivity contribution in [2.75, 3.05) is 23.8 Å². The maximum Gasteiger partial charge on any atom is 0.262 e. The molecule has 0 aromatic heterocycles. The molecule has 1 heterocycles. The van der Waals surface area contributed by atoms with Gasteiger partial charge in [-0.15, -0.1) is 0 Å². The molecule has 1 aromatic rings. The van der Waals surface area contributed by atoms with E-state index in [4.69, 9.17) is 4.74 Å². The molecule has 3 N–H and O–H groups in total. The van der Waals surface area contributed by atoms with E-state index in [1.165, 1.54) is 0 Å². The summed E-state index contributed by atoms with van der Waals surface area (Å²) in [6, 6.07) is 3.69. The average molecular weight is 327 g/mol. The number of hydrogen-bond donors (Lipinski definition) is 3. The number of anilines is 2. The molecule has 0 atom stereocenters. The minimum Gasteiger partial charge on any atom is -0.481 e. The van der Waals surface area contributed by atoms with Crippen molar-refractivity contribution < 1.29 is 14.6 Å². The van der Waals surface area contributed by atoms with E-state index in [9.17, 15) is 9.90 Å². The van der Waals surface area contributed by atoms with Crippen LogP contribution in [0.1, 0.15) is 19.3 Å². The summed E-state index contributed by atoms with van der Waals surface area (Å²) in [6.45, 7) is 0.512. The topological polar surface area (TPSA) is 70.6 Å². The van der Waals surface area contributed by atoms with Crippen LogP contribution in [0.4, 0.5) is 11.4 Å². The van der Waals surface area contributed by atoms with Gasteiger partial charge in [0, 0.05) is 11.0 Å². The lowest BCUT2D eigenvalue weighted by molar-refractivity contribution is -0.118. The highest BCUT2D eigenvalue weighted by Gasteiger charge is 2.34. The van der Waals surface area contributed by atoms with Crippen LogP contribution in [0.3, 0.4) is 0 Å². The van der Waals surface area contributed by atoms with Crippen molar-refractivity contribution in [3.63, 3.8) is 0 Å². The highest BCUT2D eigenvalue weighted by molar-refractivity contribution is 9.10. The van der Waals surface area contributed by atoms with Gasteiger partial charge in [-0.05, 0) is 31.4 Å². The Labute approximate surface area is 119 Å². The predicted octanol–water partition coefficient (Wildman–Crippen LogP) is 2.11. The van der Waals surface area contributed by atoms with Crippen molar-refractivity contribution in [1.82, 2.24) is 0 Å². The summed E-state index contributed by atoms with van der Waals surface area (Å²) in [5.74, 6) is 0.470. The fourth-order valence-corrected chi connectivity index (χ4v) is 2.74. The smallest absolute Gasteiger partial charge is 0.262 e. The van der Waals surface area contributed by atoms with Gasteiger partial charge in [0.25, 0.3) is 5.91 Å². The molecule has 1 aliphatic carbocycles. The second-order valence-corrected chi connectivity index (χ2v) is 6.01. The molecule has 1 aliphatic heterocycles. The number of carbonyl (C=O) groups is 1. The van der Waals surface area contributed by atoms with Crippen LogP contribution >= 0.6 is 15.9 Å². The van der Waals surface area contributed by atoms with E-state index in [2.05, 4.69) is 26.6 Å². The maximum atomic E-state index is 11.4. The van der Waals surface area contributed by atoms with Gasteiger partial charge >= 0.3 is 0 Å². The van der Waals surface area contributed by atoms with Crippen LogP contribution in [0.25, 0.3) is 0 Å². The van der Waals surface area contributed by atoms with Crippen LogP contribution < -0.4 is 15.4 Å². The molecule has 102 valence electrons. The zero-order chi connectivity index (χ0) is 13.5. The van der Waals surface area contributed by atoms with Crippen LogP contribution in [0.2, 0.25) is 0 Å². The second kappa shape index (κ2) is 4.68. The fourth-order valence-electron chi connectivity index (χ4n) is 2.30. The Bertz CT molecular complexity index is 529. The average Bonchev–Trinajstić information content (AvgIpc) is 2.34. The summed E-state index contributed by atoms with van der Waals surface area (Å²) in [4.78, 5) is 11.4. The van der Waals surface area contributed by atoms with Crippen molar-refractivity contribution in [2.45, 2.75) is 24.9 Å². The first kappa shape index (κ1) is 12.7.